The van der Waals surface area contributed by atoms with Gasteiger partial charge in [-0.25, -0.2) is 4.98 Å². The highest BCUT2D eigenvalue weighted by Crippen LogP contribution is 2.32. The lowest BCUT2D eigenvalue weighted by atomic mass is 10.2. The highest BCUT2D eigenvalue weighted by atomic mass is 35.5. The summed E-state index contributed by atoms with van der Waals surface area (Å²) in [6.07, 6.45) is 0.973. The van der Waals surface area contributed by atoms with Gasteiger partial charge in [-0.05, 0) is 55.3 Å². The van der Waals surface area contributed by atoms with Crippen LogP contribution in [0.15, 0.2) is 30.3 Å². The van der Waals surface area contributed by atoms with Crippen LogP contribution < -0.4 is 10.1 Å². The van der Waals surface area contributed by atoms with E-state index in [0.29, 0.717) is 6.61 Å². The van der Waals surface area contributed by atoms with Crippen LogP contribution in [0.3, 0.4) is 0 Å². The zero-order valence-electron chi connectivity index (χ0n) is 12.4. The maximum Gasteiger partial charge on any atom is 0.225 e. The van der Waals surface area contributed by atoms with E-state index in [1.54, 1.807) is 11.3 Å². The quantitative estimate of drug-likeness (QED) is 0.664. The third kappa shape index (κ3) is 3.15. The molecule has 0 aliphatic carbocycles. The van der Waals surface area contributed by atoms with Gasteiger partial charge < -0.3 is 10.1 Å². The van der Waals surface area contributed by atoms with Gasteiger partial charge in [0.25, 0.3) is 0 Å². The van der Waals surface area contributed by atoms with E-state index < -0.39 is 0 Å². The summed E-state index contributed by atoms with van der Waals surface area (Å²) in [6, 6.07) is 9.89. The zero-order valence-corrected chi connectivity index (χ0v) is 14.0. The Labute approximate surface area is 138 Å². The number of hydrogen-bond donors (Lipinski definition) is 1. The fourth-order valence-electron chi connectivity index (χ4n) is 2.15. The van der Waals surface area contributed by atoms with Crippen LogP contribution in [0.25, 0.3) is 10.2 Å². The molecule has 114 valence electrons. The maximum absolute atomic E-state index is 6.03. The Balaban J connectivity index is 1.93. The first-order chi connectivity index (χ1) is 10.7. The molecule has 2 aromatic heterocycles. The minimum absolute atomic E-state index is 0.255. The number of rotatable bonds is 5. The molecule has 0 aliphatic rings. The van der Waals surface area contributed by atoms with Crippen molar-refractivity contribution in [2.75, 3.05) is 11.9 Å². The molecule has 0 fully saturated rings. The molecule has 22 heavy (non-hydrogen) atoms. The fourth-order valence-corrected chi connectivity index (χ4v) is 3.34. The molecule has 0 spiro atoms. The Morgan fingerprint density at radius 1 is 1.18 bits per heavy atom. The number of aryl methyl sites for hydroxylation is 1. The Morgan fingerprint density at radius 2 is 1.95 bits per heavy atom. The van der Waals surface area contributed by atoms with Crippen LogP contribution in [0.4, 0.5) is 11.5 Å². The van der Waals surface area contributed by atoms with E-state index in [0.717, 1.165) is 33.9 Å². The largest absolute Gasteiger partial charge is 0.494 e. The Kier molecular flexibility index (Phi) is 4.45. The normalized spacial score (nSPS) is 10.9. The van der Waals surface area contributed by atoms with E-state index >= 15 is 0 Å². The molecule has 1 N–H and O–H groups in total. The first kappa shape index (κ1) is 15.1. The SMILES string of the molecule is CCOc1ccc(Nc2nc(Cl)nc3sc(CC)cc23)cc1. The predicted octanol–water partition coefficient (Wildman–Crippen LogP) is 5.05. The number of fused-ring (bicyclic) bond motifs is 1. The summed E-state index contributed by atoms with van der Waals surface area (Å²) in [6.45, 7) is 4.75. The number of nitrogens with one attached hydrogen (secondary N) is 1. The third-order valence-electron chi connectivity index (χ3n) is 3.19. The van der Waals surface area contributed by atoms with E-state index in [2.05, 4.69) is 28.3 Å². The molecule has 0 radical (unpaired) electrons. The fraction of sp³-hybridized carbons (Fsp3) is 0.250. The second kappa shape index (κ2) is 6.50. The number of anilines is 2. The number of thiophene rings is 1. The van der Waals surface area contributed by atoms with Gasteiger partial charge in [-0.3, -0.25) is 0 Å². The first-order valence-electron chi connectivity index (χ1n) is 7.15. The topological polar surface area (TPSA) is 47.0 Å². The van der Waals surface area contributed by atoms with Crippen LogP contribution in [-0.2, 0) is 6.42 Å². The lowest BCUT2D eigenvalue weighted by Crippen LogP contribution is -1.96. The van der Waals surface area contributed by atoms with Crippen LogP contribution in [-0.4, -0.2) is 16.6 Å². The van der Waals surface area contributed by atoms with Gasteiger partial charge >= 0.3 is 0 Å². The van der Waals surface area contributed by atoms with Crippen LogP contribution in [0.1, 0.15) is 18.7 Å². The molecular formula is C16H16ClN3OS. The molecule has 0 amide bonds. The average molecular weight is 334 g/mol. The van der Waals surface area contributed by atoms with E-state index in [-0.39, 0.29) is 5.28 Å². The van der Waals surface area contributed by atoms with Crippen molar-refractivity contribution in [3.63, 3.8) is 0 Å². The summed E-state index contributed by atoms with van der Waals surface area (Å²) < 4.78 is 5.45. The zero-order chi connectivity index (χ0) is 15.5. The first-order valence-corrected chi connectivity index (χ1v) is 8.35. The van der Waals surface area contributed by atoms with Crippen molar-refractivity contribution < 1.29 is 4.74 Å². The molecule has 1 aromatic carbocycles. The number of benzene rings is 1. The highest BCUT2D eigenvalue weighted by Gasteiger charge is 2.11. The lowest BCUT2D eigenvalue weighted by molar-refractivity contribution is 0.340. The number of halogens is 1. The molecule has 4 nitrogen and oxygen atoms in total. The minimum atomic E-state index is 0.255. The van der Waals surface area contributed by atoms with E-state index in [9.17, 15) is 0 Å². The smallest absolute Gasteiger partial charge is 0.225 e. The molecule has 2 heterocycles. The predicted molar refractivity (Wildman–Crippen MR) is 92.7 cm³/mol. The molecule has 0 saturated carbocycles. The molecular weight excluding hydrogens is 318 g/mol. The maximum atomic E-state index is 6.03. The van der Waals surface area contributed by atoms with Crippen molar-refractivity contribution in [2.45, 2.75) is 20.3 Å². The molecule has 0 saturated heterocycles. The van der Waals surface area contributed by atoms with E-state index in [4.69, 9.17) is 16.3 Å². The van der Waals surface area contributed by atoms with Gasteiger partial charge in [-0.1, -0.05) is 6.92 Å². The van der Waals surface area contributed by atoms with Gasteiger partial charge in [-0.15, -0.1) is 11.3 Å². The molecule has 0 unspecified atom stereocenters. The van der Waals surface area contributed by atoms with Gasteiger partial charge in [0.15, 0.2) is 0 Å². The van der Waals surface area contributed by atoms with Crippen LogP contribution in [0.2, 0.25) is 5.28 Å². The molecule has 3 aromatic rings. The van der Waals surface area contributed by atoms with E-state index in [1.807, 2.05) is 31.2 Å². The number of hydrogen-bond acceptors (Lipinski definition) is 5. The van der Waals surface area contributed by atoms with Crippen molar-refractivity contribution >= 4 is 44.7 Å². The average Bonchev–Trinajstić information content (AvgIpc) is 2.92. The Bertz CT molecular complexity index is 786. The van der Waals surface area contributed by atoms with Gasteiger partial charge in [0.2, 0.25) is 5.28 Å². The lowest BCUT2D eigenvalue weighted by Gasteiger charge is -2.08. The van der Waals surface area contributed by atoms with Crippen molar-refractivity contribution in [1.29, 1.82) is 0 Å². The summed E-state index contributed by atoms with van der Waals surface area (Å²) >= 11 is 7.68. The Morgan fingerprint density at radius 3 is 2.64 bits per heavy atom. The van der Waals surface area contributed by atoms with Gasteiger partial charge in [0.1, 0.15) is 16.4 Å². The minimum Gasteiger partial charge on any atom is -0.494 e. The van der Waals surface area contributed by atoms with Crippen molar-refractivity contribution in [3.05, 3.63) is 40.5 Å². The van der Waals surface area contributed by atoms with Gasteiger partial charge in [-0.2, -0.15) is 4.98 Å². The van der Waals surface area contributed by atoms with E-state index in [1.165, 1.54) is 4.88 Å². The van der Waals surface area contributed by atoms with Crippen LogP contribution in [0, 0.1) is 0 Å². The molecule has 0 aliphatic heterocycles. The van der Waals surface area contributed by atoms with Crippen molar-refractivity contribution in [1.82, 2.24) is 9.97 Å². The summed E-state index contributed by atoms with van der Waals surface area (Å²) in [4.78, 5) is 10.8. The van der Waals surface area contributed by atoms with Crippen molar-refractivity contribution in [3.8, 4) is 5.75 Å². The second-order valence-corrected chi connectivity index (χ2v) is 6.16. The highest BCUT2D eigenvalue weighted by molar-refractivity contribution is 7.18. The molecule has 6 heteroatoms. The van der Waals surface area contributed by atoms with Gasteiger partial charge in [0.05, 0.1) is 12.0 Å². The molecule has 3 rings (SSSR count). The van der Waals surface area contributed by atoms with Gasteiger partial charge in [0, 0.05) is 10.6 Å². The summed E-state index contributed by atoms with van der Waals surface area (Å²) in [5, 5.41) is 4.57. The number of aromatic nitrogens is 2. The molecule has 0 bridgehead atoms. The van der Waals surface area contributed by atoms with Crippen LogP contribution in [0.5, 0.6) is 5.75 Å². The molecule has 0 atom stereocenters. The third-order valence-corrected chi connectivity index (χ3v) is 4.54. The number of ether oxygens (including phenoxy) is 1. The summed E-state index contributed by atoms with van der Waals surface area (Å²) in [5.41, 5.74) is 0.934. The van der Waals surface area contributed by atoms with Crippen molar-refractivity contribution in [2.24, 2.45) is 0 Å². The Hall–Kier alpha value is -1.85. The summed E-state index contributed by atoms with van der Waals surface area (Å²) in [5.74, 6) is 1.58. The standard InChI is InChI=1S/C16H16ClN3OS/c1-3-12-9-13-14(19-16(17)20-15(13)22-12)18-10-5-7-11(8-6-10)21-4-2/h5-9H,3-4H2,1-2H3,(H,18,19,20). The number of nitrogens with zero attached hydrogens (tertiary/aromatic N) is 2. The van der Waals surface area contributed by atoms with Crippen LogP contribution >= 0.6 is 22.9 Å². The summed E-state index contributed by atoms with van der Waals surface area (Å²) in [7, 11) is 0. The monoisotopic (exact) mass is 333 g/mol. The second-order valence-electron chi connectivity index (χ2n) is 4.71.